The SMILES string of the molecule is O=Cc1cc2ccccc2nc1N1C(=O)CC(=O)NC1=O. The average molecular weight is 283 g/mol. The van der Waals surface area contributed by atoms with E-state index in [1.54, 1.807) is 30.3 Å². The van der Waals surface area contributed by atoms with E-state index in [1.807, 2.05) is 5.32 Å². The van der Waals surface area contributed by atoms with E-state index in [-0.39, 0.29) is 11.4 Å². The molecule has 21 heavy (non-hydrogen) atoms. The number of carbonyl (C=O) groups is 4. The highest BCUT2D eigenvalue weighted by Gasteiger charge is 2.34. The second-order valence-electron chi connectivity index (χ2n) is 4.47. The molecule has 2 heterocycles. The molecule has 4 amide bonds. The van der Waals surface area contributed by atoms with E-state index < -0.39 is 24.3 Å². The number of hydrogen-bond acceptors (Lipinski definition) is 5. The van der Waals surface area contributed by atoms with Gasteiger partial charge in [0.25, 0.3) is 0 Å². The number of imide groups is 2. The van der Waals surface area contributed by atoms with Gasteiger partial charge in [-0.3, -0.25) is 19.7 Å². The quantitative estimate of drug-likeness (QED) is 0.655. The van der Waals surface area contributed by atoms with Crippen LogP contribution in [0.25, 0.3) is 10.9 Å². The Bertz CT molecular complexity index is 780. The predicted molar refractivity (Wildman–Crippen MR) is 72.8 cm³/mol. The lowest BCUT2D eigenvalue weighted by molar-refractivity contribution is -0.128. The number of benzene rings is 1. The molecule has 1 aliphatic rings. The van der Waals surface area contributed by atoms with Gasteiger partial charge in [-0.15, -0.1) is 0 Å². The molecule has 0 aliphatic carbocycles. The maximum absolute atomic E-state index is 11.9. The summed E-state index contributed by atoms with van der Waals surface area (Å²) in [7, 11) is 0. The Labute approximate surface area is 118 Å². The third-order valence-electron chi connectivity index (χ3n) is 3.08. The summed E-state index contributed by atoms with van der Waals surface area (Å²) in [5, 5.41) is 2.74. The fourth-order valence-corrected chi connectivity index (χ4v) is 2.15. The Morgan fingerprint density at radius 1 is 1.19 bits per heavy atom. The van der Waals surface area contributed by atoms with Crippen molar-refractivity contribution in [1.82, 2.24) is 10.3 Å². The average Bonchev–Trinajstić information content (AvgIpc) is 2.45. The van der Waals surface area contributed by atoms with Gasteiger partial charge in [-0.05, 0) is 12.1 Å². The van der Waals surface area contributed by atoms with Crippen molar-refractivity contribution >= 4 is 40.9 Å². The van der Waals surface area contributed by atoms with Gasteiger partial charge >= 0.3 is 6.03 Å². The molecule has 1 aliphatic heterocycles. The van der Waals surface area contributed by atoms with Crippen molar-refractivity contribution in [3.05, 3.63) is 35.9 Å². The number of anilines is 1. The third-order valence-corrected chi connectivity index (χ3v) is 3.08. The number of rotatable bonds is 2. The molecule has 0 saturated carbocycles. The van der Waals surface area contributed by atoms with E-state index in [1.165, 1.54) is 0 Å². The highest BCUT2D eigenvalue weighted by atomic mass is 16.2. The Hall–Kier alpha value is -3.09. The van der Waals surface area contributed by atoms with Gasteiger partial charge in [-0.2, -0.15) is 0 Å². The fourth-order valence-electron chi connectivity index (χ4n) is 2.15. The number of para-hydroxylation sites is 1. The van der Waals surface area contributed by atoms with Crippen LogP contribution in [0.1, 0.15) is 16.8 Å². The van der Waals surface area contributed by atoms with Gasteiger partial charge in [0.05, 0.1) is 11.1 Å². The first kappa shape index (κ1) is 12.9. The lowest BCUT2D eigenvalue weighted by Gasteiger charge is -2.24. The van der Waals surface area contributed by atoms with Crippen LogP contribution in [-0.4, -0.2) is 29.1 Å². The number of urea groups is 1. The molecule has 7 nitrogen and oxygen atoms in total. The largest absolute Gasteiger partial charge is 0.336 e. The Morgan fingerprint density at radius 3 is 2.67 bits per heavy atom. The minimum absolute atomic E-state index is 0.0706. The molecular formula is C14H9N3O4. The van der Waals surface area contributed by atoms with Crippen molar-refractivity contribution in [3.8, 4) is 0 Å². The van der Waals surface area contributed by atoms with Crippen molar-refractivity contribution in [2.45, 2.75) is 6.42 Å². The van der Waals surface area contributed by atoms with Crippen LogP contribution in [0.15, 0.2) is 30.3 Å². The lowest BCUT2D eigenvalue weighted by atomic mass is 10.1. The number of nitrogens with one attached hydrogen (secondary N) is 1. The van der Waals surface area contributed by atoms with Crippen molar-refractivity contribution in [2.24, 2.45) is 0 Å². The van der Waals surface area contributed by atoms with Gasteiger partial charge in [0.1, 0.15) is 6.42 Å². The molecule has 1 N–H and O–H groups in total. The maximum Gasteiger partial charge on any atom is 0.336 e. The minimum atomic E-state index is -0.901. The van der Waals surface area contributed by atoms with Gasteiger partial charge in [0.15, 0.2) is 12.1 Å². The topological polar surface area (TPSA) is 96.4 Å². The van der Waals surface area contributed by atoms with Crippen molar-refractivity contribution in [1.29, 1.82) is 0 Å². The van der Waals surface area contributed by atoms with Crippen LogP contribution < -0.4 is 10.2 Å². The number of carbonyl (C=O) groups excluding carboxylic acids is 4. The Balaban J connectivity index is 2.18. The summed E-state index contributed by atoms with van der Waals surface area (Å²) in [5.74, 6) is -1.46. The summed E-state index contributed by atoms with van der Waals surface area (Å²) in [6.45, 7) is 0. The normalized spacial score (nSPS) is 15.2. The Kier molecular flexibility index (Phi) is 2.94. The predicted octanol–water partition coefficient (Wildman–Crippen LogP) is 1.02. The lowest BCUT2D eigenvalue weighted by Crippen LogP contribution is -2.53. The van der Waals surface area contributed by atoms with Crippen molar-refractivity contribution < 1.29 is 19.2 Å². The smallest absolute Gasteiger partial charge is 0.298 e. The second kappa shape index (κ2) is 4.78. The monoisotopic (exact) mass is 283 g/mol. The van der Waals surface area contributed by atoms with Crippen LogP contribution in [0.4, 0.5) is 10.6 Å². The zero-order chi connectivity index (χ0) is 15.0. The van der Waals surface area contributed by atoms with E-state index in [2.05, 4.69) is 4.98 Å². The zero-order valence-corrected chi connectivity index (χ0v) is 10.7. The van der Waals surface area contributed by atoms with Crippen LogP contribution in [0, 0.1) is 0 Å². The molecule has 0 unspecified atom stereocenters. The molecule has 3 rings (SSSR count). The van der Waals surface area contributed by atoms with Crippen molar-refractivity contribution in [2.75, 3.05) is 4.90 Å². The van der Waals surface area contributed by atoms with Gasteiger partial charge < -0.3 is 0 Å². The first-order chi connectivity index (χ1) is 10.1. The van der Waals surface area contributed by atoms with E-state index in [4.69, 9.17) is 0 Å². The summed E-state index contributed by atoms with van der Waals surface area (Å²) in [4.78, 5) is 51.0. The number of fused-ring (bicyclic) bond motifs is 1. The van der Waals surface area contributed by atoms with E-state index >= 15 is 0 Å². The summed E-state index contributed by atoms with van der Waals surface area (Å²) in [6.07, 6.45) is 0.0598. The molecule has 0 spiro atoms. The third kappa shape index (κ3) is 2.14. The van der Waals surface area contributed by atoms with E-state index in [0.717, 1.165) is 4.90 Å². The number of nitrogens with zero attached hydrogens (tertiary/aromatic N) is 2. The molecule has 104 valence electrons. The number of hydrogen-bond donors (Lipinski definition) is 1. The number of barbiturate groups is 1. The summed E-state index contributed by atoms with van der Waals surface area (Å²) >= 11 is 0. The molecule has 1 fully saturated rings. The number of pyridine rings is 1. The number of aromatic nitrogens is 1. The van der Waals surface area contributed by atoms with Gasteiger partial charge in [-0.1, -0.05) is 18.2 Å². The van der Waals surface area contributed by atoms with E-state index in [0.29, 0.717) is 17.2 Å². The minimum Gasteiger partial charge on any atom is -0.298 e. The van der Waals surface area contributed by atoms with Crippen LogP contribution in [0.2, 0.25) is 0 Å². The molecule has 0 radical (unpaired) electrons. The zero-order valence-electron chi connectivity index (χ0n) is 10.7. The summed E-state index contributed by atoms with van der Waals surface area (Å²) in [6, 6.07) is 7.65. The fraction of sp³-hybridized carbons (Fsp3) is 0.0714. The highest BCUT2D eigenvalue weighted by molar-refractivity contribution is 6.26. The molecule has 0 atom stereocenters. The standard InChI is InChI=1S/C14H9N3O4/c18-7-9-5-8-3-1-2-4-10(8)15-13(9)17-12(20)6-11(19)16-14(17)21/h1-5,7H,6H2,(H,16,19,21). The van der Waals surface area contributed by atoms with Crippen LogP contribution in [-0.2, 0) is 9.59 Å². The van der Waals surface area contributed by atoms with E-state index in [9.17, 15) is 19.2 Å². The Morgan fingerprint density at radius 2 is 1.95 bits per heavy atom. The van der Waals surface area contributed by atoms with Gasteiger partial charge in [0, 0.05) is 5.39 Å². The van der Waals surface area contributed by atoms with Crippen LogP contribution >= 0.6 is 0 Å². The molecular weight excluding hydrogens is 274 g/mol. The van der Waals surface area contributed by atoms with Crippen LogP contribution in [0.3, 0.4) is 0 Å². The molecule has 0 bridgehead atoms. The van der Waals surface area contributed by atoms with Crippen LogP contribution in [0.5, 0.6) is 0 Å². The first-order valence-corrected chi connectivity index (χ1v) is 6.12. The maximum atomic E-state index is 11.9. The summed E-state index contributed by atoms with van der Waals surface area (Å²) in [5.41, 5.74) is 0.641. The molecule has 1 saturated heterocycles. The second-order valence-corrected chi connectivity index (χ2v) is 4.47. The molecule has 1 aromatic heterocycles. The number of amides is 4. The van der Waals surface area contributed by atoms with Crippen molar-refractivity contribution in [3.63, 3.8) is 0 Å². The van der Waals surface area contributed by atoms with Gasteiger partial charge in [0.2, 0.25) is 11.8 Å². The summed E-state index contributed by atoms with van der Waals surface area (Å²) < 4.78 is 0. The first-order valence-electron chi connectivity index (χ1n) is 6.12. The molecule has 1 aromatic carbocycles. The highest BCUT2D eigenvalue weighted by Crippen LogP contribution is 2.24. The van der Waals surface area contributed by atoms with Gasteiger partial charge in [-0.25, -0.2) is 14.7 Å². The molecule has 7 heteroatoms. The molecule has 2 aromatic rings. The number of aldehydes is 1.